The summed E-state index contributed by atoms with van der Waals surface area (Å²) in [5, 5.41) is 9.55. The minimum absolute atomic E-state index is 0.771. The molecule has 0 radical (unpaired) electrons. The van der Waals surface area contributed by atoms with E-state index in [1.54, 1.807) is 0 Å². The standard InChI is InChI=1S/C10H12Cl2O/c1-2-7-4-3-5-8(6-7)9(13)10(11)12/h3-6,9-10,13H,2H2,1H3. The Bertz CT molecular complexity index is 273. The molecular formula is C10H12Cl2O. The molecule has 1 nitrogen and oxygen atoms in total. The summed E-state index contributed by atoms with van der Waals surface area (Å²) < 4.78 is 0. The second-order valence-corrected chi connectivity index (χ2v) is 4.04. The zero-order chi connectivity index (χ0) is 9.84. The summed E-state index contributed by atoms with van der Waals surface area (Å²) in [5.74, 6) is 0. The molecule has 0 heterocycles. The number of benzene rings is 1. The van der Waals surface area contributed by atoms with E-state index >= 15 is 0 Å². The van der Waals surface area contributed by atoms with Crippen LogP contribution in [0.1, 0.15) is 24.2 Å². The van der Waals surface area contributed by atoms with Gasteiger partial charge in [-0.2, -0.15) is 0 Å². The number of hydrogen-bond acceptors (Lipinski definition) is 1. The van der Waals surface area contributed by atoms with Crippen LogP contribution in [0.3, 0.4) is 0 Å². The number of aliphatic hydroxyl groups is 1. The maximum absolute atomic E-state index is 9.55. The Kier molecular flexibility index (Phi) is 4.04. The molecule has 1 aromatic carbocycles. The molecule has 0 saturated heterocycles. The molecule has 0 bridgehead atoms. The molecule has 1 atom stereocenters. The highest BCUT2D eigenvalue weighted by atomic mass is 35.5. The van der Waals surface area contributed by atoms with Crippen molar-refractivity contribution in [1.82, 2.24) is 0 Å². The summed E-state index contributed by atoms with van der Waals surface area (Å²) in [4.78, 5) is -0.771. The molecule has 1 N–H and O–H groups in total. The van der Waals surface area contributed by atoms with Gasteiger partial charge in [-0.05, 0) is 17.5 Å². The van der Waals surface area contributed by atoms with Gasteiger partial charge < -0.3 is 5.11 Å². The Hall–Kier alpha value is -0.240. The first kappa shape index (κ1) is 10.8. The lowest BCUT2D eigenvalue weighted by Gasteiger charge is -2.12. The Balaban J connectivity index is 2.88. The van der Waals surface area contributed by atoms with E-state index in [0.29, 0.717) is 0 Å². The highest BCUT2D eigenvalue weighted by Crippen LogP contribution is 2.24. The molecule has 0 saturated carbocycles. The van der Waals surface area contributed by atoms with E-state index in [0.717, 1.165) is 12.0 Å². The van der Waals surface area contributed by atoms with Gasteiger partial charge in [-0.25, -0.2) is 0 Å². The largest absolute Gasteiger partial charge is 0.386 e. The number of alkyl halides is 2. The van der Waals surface area contributed by atoms with Gasteiger partial charge in [0.15, 0.2) is 0 Å². The lowest BCUT2D eigenvalue weighted by molar-refractivity contribution is 0.193. The van der Waals surface area contributed by atoms with Crippen molar-refractivity contribution < 1.29 is 5.11 Å². The van der Waals surface area contributed by atoms with Crippen molar-refractivity contribution in [3.8, 4) is 0 Å². The molecule has 72 valence electrons. The second kappa shape index (κ2) is 4.85. The van der Waals surface area contributed by atoms with Crippen LogP contribution in [0, 0.1) is 0 Å². The molecule has 1 unspecified atom stereocenters. The van der Waals surface area contributed by atoms with Crippen molar-refractivity contribution in [3.63, 3.8) is 0 Å². The summed E-state index contributed by atoms with van der Waals surface area (Å²) in [7, 11) is 0. The van der Waals surface area contributed by atoms with Crippen molar-refractivity contribution in [2.75, 3.05) is 0 Å². The average molecular weight is 219 g/mol. The predicted molar refractivity (Wildman–Crippen MR) is 56.3 cm³/mol. The van der Waals surface area contributed by atoms with Crippen LogP contribution < -0.4 is 0 Å². The van der Waals surface area contributed by atoms with Crippen LogP contribution in [-0.4, -0.2) is 9.94 Å². The van der Waals surface area contributed by atoms with E-state index in [1.165, 1.54) is 5.56 Å². The van der Waals surface area contributed by atoms with E-state index in [-0.39, 0.29) is 0 Å². The zero-order valence-electron chi connectivity index (χ0n) is 7.37. The third-order valence-electron chi connectivity index (χ3n) is 1.94. The van der Waals surface area contributed by atoms with E-state index in [9.17, 15) is 5.11 Å². The first-order chi connectivity index (χ1) is 6.15. The molecule has 0 aliphatic carbocycles. The fourth-order valence-corrected chi connectivity index (χ4v) is 1.43. The summed E-state index contributed by atoms with van der Waals surface area (Å²) >= 11 is 11.1. The van der Waals surface area contributed by atoms with E-state index in [1.807, 2.05) is 24.3 Å². The SMILES string of the molecule is CCc1cccc(C(O)C(Cl)Cl)c1. The fourth-order valence-electron chi connectivity index (χ4n) is 1.14. The maximum Gasteiger partial charge on any atom is 0.137 e. The van der Waals surface area contributed by atoms with Crippen LogP contribution in [0.2, 0.25) is 0 Å². The van der Waals surface area contributed by atoms with Crippen LogP contribution in [0.5, 0.6) is 0 Å². The van der Waals surface area contributed by atoms with Gasteiger partial charge in [-0.3, -0.25) is 0 Å². The summed E-state index contributed by atoms with van der Waals surface area (Å²) in [6, 6.07) is 7.64. The van der Waals surface area contributed by atoms with Gasteiger partial charge >= 0.3 is 0 Å². The summed E-state index contributed by atoms with van der Waals surface area (Å²) in [6.07, 6.45) is 0.144. The minimum Gasteiger partial charge on any atom is -0.386 e. The van der Waals surface area contributed by atoms with Crippen LogP contribution in [0.25, 0.3) is 0 Å². The third-order valence-corrected chi connectivity index (χ3v) is 2.42. The first-order valence-corrected chi connectivity index (χ1v) is 5.07. The smallest absolute Gasteiger partial charge is 0.137 e. The van der Waals surface area contributed by atoms with E-state index in [4.69, 9.17) is 23.2 Å². The van der Waals surface area contributed by atoms with Gasteiger partial charge in [0.1, 0.15) is 10.9 Å². The Morgan fingerprint density at radius 3 is 2.62 bits per heavy atom. The molecule has 1 aromatic rings. The first-order valence-electron chi connectivity index (χ1n) is 4.20. The maximum atomic E-state index is 9.55. The van der Waals surface area contributed by atoms with E-state index < -0.39 is 10.9 Å². The molecule has 0 aliphatic heterocycles. The predicted octanol–water partition coefficient (Wildman–Crippen LogP) is 3.09. The average Bonchev–Trinajstić information content (AvgIpc) is 2.16. The monoisotopic (exact) mass is 218 g/mol. The number of rotatable bonds is 3. The molecule has 0 aliphatic rings. The summed E-state index contributed by atoms with van der Waals surface area (Å²) in [5.41, 5.74) is 1.94. The number of hydrogen-bond donors (Lipinski definition) is 1. The van der Waals surface area contributed by atoms with Gasteiger partial charge in [0.25, 0.3) is 0 Å². The highest BCUT2D eigenvalue weighted by molar-refractivity contribution is 6.44. The minimum atomic E-state index is -0.796. The lowest BCUT2D eigenvalue weighted by Crippen LogP contribution is -2.06. The normalized spacial score (nSPS) is 13.3. The molecular weight excluding hydrogens is 207 g/mol. The van der Waals surface area contributed by atoms with Crippen LogP contribution >= 0.6 is 23.2 Å². The van der Waals surface area contributed by atoms with Crippen molar-refractivity contribution in [2.45, 2.75) is 24.3 Å². The molecule has 0 spiro atoms. The summed E-state index contributed by atoms with van der Waals surface area (Å²) in [6.45, 7) is 2.06. The molecule has 0 aromatic heterocycles. The van der Waals surface area contributed by atoms with Crippen LogP contribution in [0.4, 0.5) is 0 Å². The van der Waals surface area contributed by atoms with Gasteiger partial charge in [-0.1, -0.05) is 31.2 Å². The Morgan fingerprint density at radius 1 is 1.38 bits per heavy atom. The zero-order valence-corrected chi connectivity index (χ0v) is 8.89. The third kappa shape index (κ3) is 2.87. The van der Waals surface area contributed by atoms with Gasteiger partial charge in [0, 0.05) is 0 Å². The Labute approximate surface area is 88.3 Å². The van der Waals surface area contributed by atoms with Gasteiger partial charge in [0.2, 0.25) is 0 Å². The van der Waals surface area contributed by atoms with Crippen molar-refractivity contribution in [3.05, 3.63) is 35.4 Å². The highest BCUT2D eigenvalue weighted by Gasteiger charge is 2.15. The van der Waals surface area contributed by atoms with E-state index in [2.05, 4.69) is 6.92 Å². The lowest BCUT2D eigenvalue weighted by atomic mass is 10.1. The molecule has 13 heavy (non-hydrogen) atoms. The van der Waals surface area contributed by atoms with Gasteiger partial charge in [0.05, 0.1) is 0 Å². The number of aryl methyl sites for hydroxylation is 1. The molecule has 0 amide bonds. The van der Waals surface area contributed by atoms with Crippen LogP contribution in [-0.2, 0) is 6.42 Å². The van der Waals surface area contributed by atoms with Crippen molar-refractivity contribution >= 4 is 23.2 Å². The van der Waals surface area contributed by atoms with Crippen molar-refractivity contribution in [1.29, 1.82) is 0 Å². The number of aliphatic hydroxyl groups excluding tert-OH is 1. The Morgan fingerprint density at radius 2 is 2.08 bits per heavy atom. The molecule has 0 fully saturated rings. The van der Waals surface area contributed by atoms with Crippen LogP contribution in [0.15, 0.2) is 24.3 Å². The molecule has 3 heteroatoms. The topological polar surface area (TPSA) is 20.2 Å². The second-order valence-electron chi connectivity index (χ2n) is 2.88. The van der Waals surface area contributed by atoms with Gasteiger partial charge in [-0.15, -0.1) is 23.2 Å². The number of halogens is 2. The quantitative estimate of drug-likeness (QED) is 0.774. The fraction of sp³-hybridized carbons (Fsp3) is 0.400. The molecule has 1 rings (SSSR count). The van der Waals surface area contributed by atoms with Crippen molar-refractivity contribution in [2.24, 2.45) is 0 Å².